The van der Waals surface area contributed by atoms with Crippen LogP contribution in [0.25, 0.3) is 0 Å². The standard InChI is InChI=1S/C13H14Br2N2OS/c14-8-3-4-10(15)9(7-8)11(18)17-13(12(16)19)5-1-2-6-13/h3-4,7H,1-2,5-6H2,(H2,16,19)(H,17,18). The molecule has 1 aliphatic rings. The van der Waals surface area contributed by atoms with E-state index in [0.717, 1.165) is 34.6 Å². The van der Waals surface area contributed by atoms with E-state index < -0.39 is 5.54 Å². The lowest BCUT2D eigenvalue weighted by molar-refractivity contribution is 0.0923. The van der Waals surface area contributed by atoms with Gasteiger partial charge in [0.15, 0.2) is 0 Å². The Labute approximate surface area is 134 Å². The van der Waals surface area contributed by atoms with E-state index in [2.05, 4.69) is 37.2 Å². The van der Waals surface area contributed by atoms with Crippen LogP contribution in [-0.2, 0) is 0 Å². The normalized spacial score (nSPS) is 17.2. The number of carbonyl (C=O) groups is 1. The van der Waals surface area contributed by atoms with Gasteiger partial charge in [-0.3, -0.25) is 4.79 Å². The highest BCUT2D eigenvalue weighted by Crippen LogP contribution is 2.31. The molecule has 1 aromatic carbocycles. The third-order valence-corrected chi connectivity index (χ3v) is 5.03. The molecule has 1 fully saturated rings. The molecule has 0 spiro atoms. The van der Waals surface area contributed by atoms with Crippen molar-refractivity contribution < 1.29 is 4.79 Å². The van der Waals surface area contributed by atoms with Gasteiger partial charge in [-0.2, -0.15) is 0 Å². The lowest BCUT2D eigenvalue weighted by Gasteiger charge is -2.29. The first kappa shape index (κ1) is 14.9. The van der Waals surface area contributed by atoms with Crippen LogP contribution in [-0.4, -0.2) is 16.4 Å². The molecule has 6 heteroatoms. The summed E-state index contributed by atoms with van der Waals surface area (Å²) in [5.41, 5.74) is 5.88. The predicted octanol–water partition coefficient (Wildman–Crippen LogP) is 3.54. The fourth-order valence-corrected chi connectivity index (χ4v) is 3.41. The maximum atomic E-state index is 12.4. The van der Waals surface area contributed by atoms with E-state index in [1.807, 2.05) is 12.1 Å². The quantitative estimate of drug-likeness (QED) is 0.756. The van der Waals surface area contributed by atoms with Gasteiger partial charge < -0.3 is 11.1 Å². The molecule has 0 atom stereocenters. The largest absolute Gasteiger partial charge is 0.391 e. The third-order valence-electron chi connectivity index (χ3n) is 3.45. The van der Waals surface area contributed by atoms with Crippen LogP contribution in [0.2, 0.25) is 0 Å². The van der Waals surface area contributed by atoms with E-state index in [1.165, 1.54) is 0 Å². The highest BCUT2D eigenvalue weighted by atomic mass is 79.9. The zero-order valence-electron chi connectivity index (χ0n) is 10.2. The summed E-state index contributed by atoms with van der Waals surface area (Å²) >= 11 is 11.9. The lowest BCUT2D eigenvalue weighted by Crippen LogP contribution is -2.54. The minimum Gasteiger partial charge on any atom is -0.391 e. The van der Waals surface area contributed by atoms with Crippen molar-refractivity contribution in [2.75, 3.05) is 0 Å². The molecule has 0 unspecified atom stereocenters. The van der Waals surface area contributed by atoms with Gasteiger partial charge in [0.2, 0.25) is 0 Å². The molecule has 1 aliphatic carbocycles. The minimum atomic E-state index is -0.520. The van der Waals surface area contributed by atoms with Crippen LogP contribution in [0, 0.1) is 0 Å². The van der Waals surface area contributed by atoms with Gasteiger partial charge in [-0.15, -0.1) is 0 Å². The van der Waals surface area contributed by atoms with E-state index in [9.17, 15) is 4.79 Å². The number of rotatable bonds is 3. The van der Waals surface area contributed by atoms with Crippen LogP contribution in [0.3, 0.4) is 0 Å². The lowest BCUT2D eigenvalue weighted by atomic mass is 9.97. The third kappa shape index (κ3) is 3.17. The van der Waals surface area contributed by atoms with Crippen molar-refractivity contribution in [1.29, 1.82) is 0 Å². The molecule has 1 saturated carbocycles. The van der Waals surface area contributed by atoms with E-state index >= 15 is 0 Å². The first-order valence-electron chi connectivity index (χ1n) is 6.02. The summed E-state index contributed by atoms with van der Waals surface area (Å²) < 4.78 is 1.61. The molecule has 1 aromatic rings. The van der Waals surface area contributed by atoms with Gasteiger partial charge in [-0.25, -0.2) is 0 Å². The monoisotopic (exact) mass is 404 g/mol. The zero-order valence-corrected chi connectivity index (χ0v) is 14.2. The van der Waals surface area contributed by atoms with Gasteiger partial charge in [0.05, 0.1) is 16.1 Å². The Morgan fingerprint density at radius 3 is 2.53 bits per heavy atom. The summed E-state index contributed by atoms with van der Waals surface area (Å²) in [6, 6.07) is 5.49. The fourth-order valence-electron chi connectivity index (χ4n) is 2.37. The van der Waals surface area contributed by atoms with Gasteiger partial charge in [0, 0.05) is 8.95 Å². The summed E-state index contributed by atoms with van der Waals surface area (Å²) in [6.07, 6.45) is 3.72. The molecule has 3 nitrogen and oxygen atoms in total. The molecule has 3 N–H and O–H groups in total. The number of amides is 1. The Bertz CT molecular complexity index is 527. The summed E-state index contributed by atoms with van der Waals surface area (Å²) in [5, 5.41) is 3.02. The van der Waals surface area contributed by atoms with Crippen molar-refractivity contribution in [3.05, 3.63) is 32.7 Å². The SMILES string of the molecule is NC(=S)C1(NC(=O)c2cc(Br)ccc2Br)CCCC1. The number of hydrogen-bond donors (Lipinski definition) is 2. The van der Waals surface area contributed by atoms with Crippen molar-refractivity contribution >= 4 is 55.0 Å². The molecular formula is C13H14Br2N2OS. The second-order valence-electron chi connectivity index (χ2n) is 4.73. The summed E-state index contributed by atoms with van der Waals surface area (Å²) in [5.74, 6) is -0.150. The molecule has 0 saturated heterocycles. The number of nitrogens with two attached hydrogens (primary N) is 1. The molecule has 0 aliphatic heterocycles. The Balaban J connectivity index is 2.25. The highest BCUT2D eigenvalue weighted by Gasteiger charge is 2.38. The second kappa shape index (κ2) is 5.89. The molecule has 0 heterocycles. The molecule has 19 heavy (non-hydrogen) atoms. The first-order chi connectivity index (χ1) is 8.94. The van der Waals surface area contributed by atoms with Crippen molar-refractivity contribution in [3.63, 3.8) is 0 Å². The Hall–Kier alpha value is -0.460. The minimum absolute atomic E-state index is 0.150. The molecule has 102 valence electrons. The molecule has 0 radical (unpaired) electrons. The van der Waals surface area contributed by atoms with Crippen LogP contribution >= 0.6 is 44.1 Å². The highest BCUT2D eigenvalue weighted by molar-refractivity contribution is 9.11. The smallest absolute Gasteiger partial charge is 0.253 e. The van der Waals surface area contributed by atoms with Gasteiger partial charge in [0.25, 0.3) is 5.91 Å². The van der Waals surface area contributed by atoms with Crippen molar-refractivity contribution in [2.45, 2.75) is 31.2 Å². The molecule has 1 amide bonds. The van der Waals surface area contributed by atoms with Gasteiger partial charge in [0.1, 0.15) is 0 Å². The van der Waals surface area contributed by atoms with E-state index in [1.54, 1.807) is 6.07 Å². The van der Waals surface area contributed by atoms with E-state index in [-0.39, 0.29) is 5.91 Å². The fraction of sp³-hybridized carbons (Fsp3) is 0.385. The molecule has 0 bridgehead atoms. The predicted molar refractivity (Wildman–Crippen MR) is 87.3 cm³/mol. The number of nitrogens with one attached hydrogen (secondary N) is 1. The Kier molecular flexibility index (Phi) is 4.63. The van der Waals surface area contributed by atoms with E-state index in [4.69, 9.17) is 18.0 Å². The van der Waals surface area contributed by atoms with Crippen LogP contribution in [0.4, 0.5) is 0 Å². The van der Waals surface area contributed by atoms with Gasteiger partial charge >= 0.3 is 0 Å². The number of hydrogen-bond acceptors (Lipinski definition) is 2. The number of benzene rings is 1. The number of thiocarbonyl (C=S) groups is 1. The van der Waals surface area contributed by atoms with Crippen LogP contribution < -0.4 is 11.1 Å². The van der Waals surface area contributed by atoms with Gasteiger partial charge in [-0.05, 0) is 47.0 Å². The number of carbonyl (C=O) groups excluding carboxylic acids is 1. The second-order valence-corrected chi connectivity index (χ2v) is 6.94. The number of halogens is 2. The zero-order chi connectivity index (χ0) is 14.0. The molecule has 2 rings (SSSR count). The van der Waals surface area contributed by atoms with E-state index in [0.29, 0.717) is 10.6 Å². The first-order valence-corrected chi connectivity index (χ1v) is 8.01. The van der Waals surface area contributed by atoms with Crippen LogP contribution in [0.15, 0.2) is 27.1 Å². The van der Waals surface area contributed by atoms with Crippen LogP contribution in [0.1, 0.15) is 36.0 Å². The molecule has 0 aromatic heterocycles. The maximum Gasteiger partial charge on any atom is 0.253 e. The Morgan fingerprint density at radius 1 is 1.32 bits per heavy atom. The average Bonchev–Trinajstić information content (AvgIpc) is 2.82. The summed E-state index contributed by atoms with van der Waals surface area (Å²) in [4.78, 5) is 12.8. The Morgan fingerprint density at radius 2 is 1.95 bits per heavy atom. The van der Waals surface area contributed by atoms with Crippen molar-refractivity contribution in [1.82, 2.24) is 5.32 Å². The van der Waals surface area contributed by atoms with Gasteiger partial charge in [-0.1, -0.05) is 41.0 Å². The van der Waals surface area contributed by atoms with Crippen molar-refractivity contribution in [2.24, 2.45) is 5.73 Å². The summed E-state index contributed by atoms with van der Waals surface area (Å²) in [6.45, 7) is 0. The topological polar surface area (TPSA) is 55.1 Å². The van der Waals surface area contributed by atoms with Crippen LogP contribution in [0.5, 0.6) is 0 Å². The maximum absolute atomic E-state index is 12.4. The van der Waals surface area contributed by atoms with Crippen molar-refractivity contribution in [3.8, 4) is 0 Å². The average molecular weight is 406 g/mol. The summed E-state index contributed by atoms with van der Waals surface area (Å²) in [7, 11) is 0. The molecular weight excluding hydrogens is 392 g/mol.